The van der Waals surface area contributed by atoms with E-state index in [1.807, 2.05) is 4.90 Å². The third-order valence-electron chi connectivity index (χ3n) is 3.27. The van der Waals surface area contributed by atoms with Crippen molar-refractivity contribution in [1.82, 2.24) is 15.0 Å². The summed E-state index contributed by atoms with van der Waals surface area (Å²) in [6, 6.07) is 5.80. The van der Waals surface area contributed by atoms with Crippen LogP contribution in [0.1, 0.15) is 0 Å². The molecule has 1 aliphatic heterocycles. The van der Waals surface area contributed by atoms with Gasteiger partial charge in [-0.25, -0.2) is 4.79 Å². The van der Waals surface area contributed by atoms with Crippen LogP contribution >= 0.6 is 0 Å². The van der Waals surface area contributed by atoms with Crippen LogP contribution in [-0.4, -0.2) is 46.2 Å². The number of aromatic amines is 1. The summed E-state index contributed by atoms with van der Waals surface area (Å²) in [5.74, 6) is 0.543. The molecule has 3 rings (SSSR count). The number of nitro benzene ring substituents is 1. The molecule has 10 nitrogen and oxygen atoms in total. The molecular weight excluding hydrogens is 304 g/mol. The van der Waals surface area contributed by atoms with E-state index in [0.717, 1.165) is 0 Å². The van der Waals surface area contributed by atoms with Crippen molar-refractivity contribution >= 4 is 23.3 Å². The van der Waals surface area contributed by atoms with Crippen LogP contribution in [0.4, 0.5) is 23.3 Å². The molecule has 10 heteroatoms. The maximum Gasteiger partial charge on any atom is 0.351 e. The smallest absolute Gasteiger partial charge is 0.351 e. The number of hydrogen-bond donors (Lipinski definition) is 2. The van der Waals surface area contributed by atoms with Crippen molar-refractivity contribution in [3.05, 3.63) is 44.9 Å². The van der Waals surface area contributed by atoms with Crippen molar-refractivity contribution in [3.8, 4) is 0 Å². The van der Waals surface area contributed by atoms with Crippen molar-refractivity contribution < 1.29 is 9.66 Å². The summed E-state index contributed by atoms with van der Waals surface area (Å²) < 4.78 is 5.25. The Hall–Kier alpha value is -3.01. The molecule has 1 saturated heterocycles. The first-order valence-corrected chi connectivity index (χ1v) is 6.94. The van der Waals surface area contributed by atoms with Crippen molar-refractivity contribution in [2.75, 3.05) is 36.5 Å². The van der Waals surface area contributed by atoms with Gasteiger partial charge in [-0.2, -0.15) is 9.97 Å². The largest absolute Gasteiger partial charge is 0.378 e. The van der Waals surface area contributed by atoms with E-state index < -0.39 is 10.6 Å². The average molecular weight is 318 g/mol. The molecule has 0 atom stereocenters. The lowest BCUT2D eigenvalue weighted by Crippen LogP contribution is -2.38. The third-order valence-corrected chi connectivity index (χ3v) is 3.27. The highest BCUT2D eigenvalue weighted by Crippen LogP contribution is 2.18. The minimum Gasteiger partial charge on any atom is -0.378 e. The molecule has 0 aliphatic carbocycles. The van der Waals surface area contributed by atoms with Gasteiger partial charge in [0.1, 0.15) is 0 Å². The van der Waals surface area contributed by atoms with Crippen LogP contribution in [0, 0.1) is 10.1 Å². The van der Waals surface area contributed by atoms with Crippen LogP contribution in [-0.2, 0) is 4.74 Å². The molecule has 2 N–H and O–H groups in total. The zero-order valence-corrected chi connectivity index (χ0v) is 12.1. The molecule has 1 aliphatic rings. The highest BCUT2D eigenvalue weighted by Gasteiger charge is 2.15. The normalized spacial score (nSPS) is 14.5. The number of nitrogens with one attached hydrogen (secondary N) is 2. The van der Waals surface area contributed by atoms with Gasteiger partial charge in [0.15, 0.2) is 0 Å². The lowest BCUT2D eigenvalue weighted by Gasteiger charge is -2.26. The number of H-pyrrole nitrogens is 1. The van der Waals surface area contributed by atoms with E-state index in [-0.39, 0.29) is 11.6 Å². The Morgan fingerprint density at radius 2 is 1.91 bits per heavy atom. The molecule has 2 heterocycles. The number of nitro groups is 1. The number of morpholine rings is 1. The second-order valence-electron chi connectivity index (χ2n) is 4.83. The van der Waals surface area contributed by atoms with Crippen molar-refractivity contribution in [1.29, 1.82) is 0 Å². The van der Waals surface area contributed by atoms with Gasteiger partial charge in [0.2, 0.25) is 11.9 Å². The number of rotatable bonds is 4. The minimum atomic E-state index is -0.522. The van der Waals surface area contributed by atoms with Crippen LogP contribution in [0.2, 0.25) is 0 Å². The Kier molecular flexibility index (Phi) is 4.15. The number of benzene rings is 1. The molecule has 2 aromatic rings. The number of aromatic nitrogens is 3. The van der Waals surface area contributed by atoms with E-state index in [4.69, 9.17) is 4.74 Å². The molecule has 0 saturated carbocycles. The van der Waals surface area contributed by atoms with E-state index in [1.54, 1.807) is 0 Å². The van der Waals surface area contributed by atoms with Gasteiger partial charge < -0.3 is 15.0 Å². The molecule has 1 aromatic heterocycles. The molecule has 0 radical (unpaired) electrons. The fourth-order valence-electron chi connectivity index (χ4n) is 2.14. The lowest BCUT2D eigenvalue weighted by atomic mass is 10.3. The van der Waals surface area contributed by atoms with Crippen LogP contribution in [0.5, 0.6) is 0 Å². The summed E-state index contributed by atoms with van der Waals surface area (Å²) >= 11 is 0. The van der Waals surface area contributed by atoms with Crippen molar-refractivity contribution in [3.63, 3.8) is 0 Å². The fraction of sp³-hybridized carbons (Fsp3) is 0.308. The molecule has 120 valence electrons. The molecule has 1 aromatic carbocycles. The van der Waals surface area contributed by atoms with E-state index >= 15 is 0 Å². The average Bonchev–Trinajstić information content (AvgIpc) is 2.55. The molecule has 0 bridgehead atoms. The molecule has 1 fully saturated rings. The SMILES string of the molecule is O=c1nc(N2CCOCC2)nc(Nc2ccc([N+](=O)[O-])cc2)[nH]1. The van der Waals surface area contributed by atoms with Crippen LogP contribution < -0.4 is 15.9 Å². The summed E-state index contributed by atoms with van der Waals surface area (Å²) in [4.78, 5) is 34.3. The summed E-state index contributed by atoms with van der Waals surface area (Å²) in [5.41, 5.74) is 0.0320. The Morgan fingerprint density at radius 3 is 2.57 bits per heavy atom. The van der Waals surface area contributed by atoms with Gasteiger partial charge in [-0.05, 0) is 12.1 Å². The Morgan fingerprint density at radius 1 is 1.22 bits per heavy atom. The van der Waals surface area contributed by atoms with Crippen LogP contribution in [0.3, 0.4) is 0 Å². The van der Waals surface area contributed by atoms with Crippen molar-refractivity contribution in [2.24, 2.45) is 0 Å². The first kappa shape index (κ1) is 14.9. The Bertz CT molecular complexity index is 754. The highest BCUT2D eigenvalue weighted by molar-refractivity contribution is 5.56. The van der Waals surface area contributed by atoms with E-state index in [2.05, 4.69) is 20.3 Å². The summed E-state index contributed by atoms with van der Waals surface area (Å²) in [7, 11) is 0. The molecule has 0 unspecified atom stereocenters. The third kappa shape index (κ3) is 3.61. The lowest BCUT2D eigenvalue weighted by molar-refractivity contribution is -0.384. The zero-order valence-electron chi connectivity index (χ0n) is 12.1. The van der Waals surface area contributed by atoms with Gasteiger partial charge >= 0.3 is 5.69 Å². The van der Waals surface area contributed by atoms with Gasteiger partial charge in [-0.1, -0.05) is 0 Å². The summed E-state index contributed by atoms with van der Waals surface area (Å²) in [6.07, 6.45) is 0. The Balaban J connectivity index is 1.80. The highest BCUT2D eigenvalue weighted by atomic mass is 16.6. The van der Waals surface area contributed by atoms with Gasteiger partial charge in [-0.3, -0.25) is 15.1 Å². The van der Waals surface area contributed by atoms with Gasteiger partial charge in [-0.15, -0.1) is 0 Å². The van der Waals surface area contributed by atoms with Crippen LogP contribution in [0.25, 0.3) is 0 Å². The second kappa shape index (κ2) is 6.40. The van der Waals surface area contributed by atoms with E-state index in [9.17, 15) is 14.9 Å². The molecule has 0 spiro atoms. The number of non-ortho nitro benzene ring substituents is 1. The van der Waals surface area contributed by atoms with E-state index in [1.165, 1.54) is 24.3 Å². The molecule has 23 heavy (non-hydrogen) atoms. The standard InChI is InChI=1S/C13H14N6O4/c20-13-16-11(14-9-1-3-10(4-2-9)19(21)22)15-12(17-13)18-5-7-23-8-6-18/h1-4H,5-8H2,(H2,14,15,16,17,20). The first-order chi connectivity index (χ1) is 11.1. The predicted octanol–water partition coefficient (Wildman–Crippen LogP) is 0.653. The number of nitrogens with zero attached hydrogens (tertiary/aromatic N) is 4. The summed E-state index contributed by atoms with van der Waals surface area (Å²) in [6.45, 7) is 2.34. The topological polar surface area (TPSA) is 126 Å². The van der Waals surface area contributed by atoms with Gasteiger partial charge in [0.25, 0.3) is 5.69 Å². The van der Waals surface area contributed by atoms with Gasteiger partial charge in [0.05, 0.1) is 18.1 Å². The van der Waals surface area contributed by atoms with Gasteiger partial charge in [0, 0.05) is 30.9 Å². The maximum atomic E-state index is 11.7. The predicted molar refractivity (Wildman–Crippen MR) is 82.1 cm³/mol. The minimum absolute atomic E-state index is 0.0132. The summed E-state index contributed by atoms with van der Waals surface area (Å²) in [5, 5.41) is 13.5. The maximum absolute atomic E-state index is 11.7. The first-order valence-electron chi connectivity index (χ1n) is 6.94. The van der Waals surface area contributed by atoms with E-state index in [0.29, 0.717) is 37.9 Å². The van der Waals surface area contributed by atoms with Crippen LogP contribution in [0.15, 0.2) is 29.1 Å². The Labute approximate surface area is 130 Å². The quantitative estimate of drug-likeness (QED) is 0.621. The zero-order chi connectivity index (χ0) is 16.2. The van der Waals surface area contributed by atoms with Crippen molar-refractivity contribution in [2.45, 2.75) is 0 Å². The number of hydrogen-bond acceptors (Lipinski definition) is 8. The molecular formula is C13H14N6O4. The number of ether oxygens (including phenoxy) is 1. The molecule has 0 amide bonds. The second-order valence-corrected chi connectivity index (χ2v) is 4.83. The monoisotopic (exact) mass is 318 g/mol. The number of anilines is 3. The fourth-order valence-corrected chi connectivity index (χ4v) is 2.14.